The second-order valence-corrected chi connectivity index (χ2v) is 3.93. The SMILES string of the molecule is Clc1nc2ccccc2nc1Nc1cnccn1. The Morgan fingerprint density at radius 2 is 1.78 bits per heavy atom. The van der Waals surface area contributed by atoms with Gasteiger partial charge in [-0.05, 0) is 12.1 Å². The van der Waals surface area contributed by atoms with Gasteiger partial charge in [-0.1, -0.05) is 23.7 Å². The summed E-state index contributed by atoms with van der Waals surface area (Å²) in [5.74, 6) is 1.04. The van der Waals surface area contributed by atoms with E-state index in [1.807, 2.05) is 24.3 Å². The number of aromatic nitrogens is 4. The molecule has 2 aromatic heterocycles. The lowest BCUT2D eigenvalue weighted by atomic mass is 10.3. The third-order valence-electron chi connectivity index (χ3n) is 2.34. The van der Waals surface area contributed by atoms with Crippen LogP contribution >= 0.6 is 11.6 Å². The first-order valence-corrected chi connectivity index (χ1v) is 5.66. The molecule has 0 spiro atoms. The van der Waals surface area contributed by atoms with Crippen LogP contribution in [0.5, 0.6) is 0 Å². The second kappa shape index (κ2) is 4.54. The van der Waals surface area contributed by atoms with Crippen molar-refractivity contribution in [1.29, 1.82) is 0 Å². The fraction of sp³-hybridized carbons (Fsp3) is 0. The summed E-state index contributed by atoms with van der Waals surface area (Å²) < 4.78 is 0. The number of anilines is 2. The summed E-state index contributed by atoms with van der Waals surface area (Å²) in [5, 5.41) is 3.29. The van der Waals surface area contributed by atoms with Crippen LogP contribution in [0.2, 0.25) is 5.15 Å². The molecule has 1 aromatic carbocycles. The lowest BCUT2D eigenvalue weighted by molar-refractivity contribution is 1.18. The number of nitrogens with one attached hydrogen (secondary N) is 1. The molecule has 0 saturated heterocycles. The van der Waals surface area contributed by atoms with Crippen LogP contribution in [0.25, 0.3) is 11.0 Å². The Hall–Kier alpha value is -2.27. The predicted octanol–water partition coefficient (Wildman–Crippen LogP) is 2.82. The molecule has 88 valence electrons. The van der Waals surface area contributed by atoms with Gasteiger partial charge in [0.1, 0.15) is 5.82 Å². The van der Waals surface area contributed by atoms with Gasteiger partial charge in [-0.25, -0.2) is 15.0 Å². The van der Waals surface area contributed by atoms with Crippen LogP contribution in [0, 0.1) is 0 Å². The molecule has 3 aromatic rings. The Kier molecular flexibility index (Phi) is 2.74. The summed E-state index contributed by atoms with van der Waals surface area (Å²) in [6.07, 6.45) is 4.77. The highest BCUT2D eigenvalue weighted by molar-refractivity contribution is 6.32. The van der Waals surface area contributed by atoms with Crippen molar-refractivity contribution in [1.82, 2.24) is 19.9 Å². The molecule has 3 rings (SSSR count). The first-order valence-electron chi connectivity index (χ1n) is 5.28. The van der Waals surface area contributed by atoms with E-state index in [0.29, 0.717) is 16.8 Å². The molecule has 2 heterocycles. The van der Waals surface area contributed by atoms with E-state index in [1.54, 1.807) is 18.6 Å². The zero-order valence-corrected chi connectivity index (χ0v) is 9.96. The van der Waals surface area contributed by atoms with E-state index in [1.165, 1.54) is 0 Å². The van der Waals surface area contributed by atoms with E-state index < -0.39 is 0 Å². The molecule has 0 radical (unpaired) electrons. The molecule has 0 aliphatic carbocycles. The van der Waals surface area contributed by atoms with Crippen LogP contribution in [0.1, 0.15) is 0 Å². The van der Waals surface area contributed by atoms with E-state index in [9.17, 15) is 0 Å². The number of hydrogen-bond acceptors (Lipinski definition) is 5. The smallest absolute Gasteiger partial charge is 0.172 e. The molecule has 18 heavy (non-hydrogen) atoms. The number of nitrogens with zero attached hydrogens (tertiary/aromatic N) is 4. The van der Waals surface area contributed by atoms with Crippen molar-refractivity contribution in [3.8, 4) is 0 Å². The molecule has 0 saturated carbocycles. The Labute approximate surface area is 108 Å². The zero-order valence-electron chi connectivity index (χ0n) is 9.21. The number of fused-ring (bicyclic) bond motifs is 1. The molecular weight excluding hydrogens is 250 g/mol. The van der Waals surface area contributed by atoms with Gasteiger partial charge in [-0.3, -0.25) is 4.98 Å². The number of benzene rings is 1. The highest BCUT2D eigenvalue weighted by Crippen LogP contribution is 2.23. The number of halogens is 1. The maximum absolute atomic E-state index is 6.07. The van der Waals surface area contributed by atoms with Crippen molar-refractivity contribution < 1.29 is 0 Å². The van der Waals surface area contributed by atoms with Crippen LogP contribution in [0.4, 0.5) is 11.6 Å². The Morgan fingerprint density at radius 3 is 2.50 bits per heavy atom. The van der Waals surface area contributed by atoms with Crippen LogP contribution in [0.15, 0.2) is 42.9 Å². The molecule has 5 nitrogen and oxygen atoms in total. The summed E-state index contributed by atoms with van der Waals surface area (Å²) in [6.45, 7) is 0. The van der Waals surface area contributed by atoms with Crippen molar-refractivity contribution >= 4 is 34.3 Å². The number of para-hydroxylation sites is 2. The third kappa shape index (κ3) is 2.08. The van der Waals surface area contributed by atoms with Crippen LogP contribution in [-0.2, 0) is 0 Å². The van der Waals surface area contributed by atoms with Gasteiger partial charge in [0.2, 0.25) is 0 Å². The minimum absolute atomic E-state index is 0.305. The predicted molar refractivity (Wildman–Crippen MR) is 69.9 cm³/mol. The maximum Gasteiger partial charge on any atom is 0.172 e. The molecular formula is C12H8ClN5. The van der Waals surface area contributed by atoms with E-state index in [2.05, 4.69) is 25.3 Å². The minimum Gasteiger partial charge on any atom is -0.321 e. The van der Waals surface area contributed by atoms with Gasteiger partial charge in [0.15, 0.2) is 11.0 Å². The molecule has 1 N–H and O–H groups in total. The van der Waals surface area contributed by atoms with Gasteiger partial charge in [0.05, 0.1) is 17.2 Å². The van der Waals surface area contributed by atoms with Crippen LogP contribution in [0.3, 0.4) is 0 Å². The molecule has 0 aliphatic rings. The van der Waals surface area contributed by atoms with E-state index >= 15 is 0 Å². The molecule has 0 aliphatic heterocycles. The molecule has 0 fully saturated rings. The Morgan fingerprint density at radius 1 is 1.00 bits per heavy atom. The average molecular weight is 258 g/mol. The fourth-order valence-corrected chi connectivity index (χ4v) is 1.72. The molecule has 0 amide bonds. The first kappa shape index (κ1) is 10.9. The normalized spacial score (nSPS) is 10.5. The van der Waals surface area contributed by atoms with E-state index in [-0.39, 0.29) is 0 Å². The van der Waals surface area contributed by atoms with Gasteiger partial charge in [-0.2, -0.15) is 0 Å². The van der Waals surface area contributed by atoms with E-state index in [4.69, 9.17) is 11.6 Å². The van der Waals surface area contributed by atoms with Gasteiger partial charge in [-0.15, -0.1) is 0 Å². The van der Waals surface area contributed by atoms with E-state index in [0.717, 1.165) is 11.0 Å². The minimum atomic E-state index is 0.305. The van der Waals surface area contributed by atoms with Crippen molar-refractivity contribution in [3.05, 3.63) is 48.0 Å². The molecule has 0 unspecified atom stereocenters. The molecule has 6 heteroatoms. The van der Waals surface area contributed by atoms with Crippen LogP contribution < -0.4 is 5.32 Å². The van der Waals surface area contributed by atoms with Crippen molar-refractivity contribution in [2.24, 2.45) is 0 Å². The molecule has 0 atom stereocenters. The first-order chi connectivity index (χ1) is 8.83. The van der Waals surface area contributed by atoms with Crippen molar-refractivity contribution in [2.45, 2.75) is 0 Å². The largest absolute Gasteiger partial charge is 0.321 e. The standard InChI is InChI=1S/C12H8ClN5/c13-11-12(18-10-7-14-5-6-15-10)17-9-4-2-1-3-8(9)16-11/h1-7H,(H,15,17,18). The summed E-state index contributed by atoms with van der Waals surface area (Å²) in [6, 6.07) is 7.53. The topological polar surface area (TPSA) is 63.6 Å². The maximum atomic E-state index is 6.07. The second-order valence-electron chi connectivity index (χ2n) is 3.57. The Balaban J connectivity index is 2.04. The molecule has 0 bridgehead atoms. The average Bonchev–Trinajstić information content (AvgIpc) is 2.41. The fourth-order valence-electron chi connectivity index (χ4n) is 1.54. The van der Waals surface area contributed by atoms with Gasteiger partial charge < -0.3 is 5.32 Å². The van der Waals surface area contributed by atoms with Gasteiger partial charge in [0, 0.05) is 12.4 Å². The van der Waals surface area contributed by atoms with Crippen molar-refractivity contribution in [3.63, 3.8) is 0 Å². The highest BCUT2D eigenvalue weighted by atomic mass is 35.5. The third-order valence-corrected chi connectivity index (χ3v) is 2.60. The van der Waals surface area contributed by atoms with Crippen LogP contribution in [-0.4, -0.2) is 19.9 Å². The lowest BCUT2D eigenvalue weighted by Crippen LogP contribution is -1.99. The van der Waals surface area contributed by atoms with Crippen molar-refractivity contribution in [2.75, 3.05) is 5.32 Å². The number of hydrogen-bond donors (Lipinski definition) is 1. The zero-order chi connectivity index (χ0) is 12.4. The quantitative estimate of drug-likeness (QED) is 0.765. The summed E-state index contributed by atoms with van der Waals surface area (Å²) >= 11 is 6.07. The highest BCUT2D eigenvalue weighted by Gasteiger charge is 2.07. The van der Waals surface area contributed by atoms with Gasteiger partial charge in [0.25, 0.3) is 0 Å². The summed E-state index contributed by atoms with van der Waals surface area (Å²) in [4.78, 5) is 16.7. The monoisotopic (exact) mass is 257 g/mol. The summed E-state index contributed by atoms with van der Waals surface area (Å²) in [5.41, 5.74) is 1.53. The lowest BCUT2D eigenvalue weighted by Gasteiger charge is -2.06. The number of rotatable bonds is 2. The Bertz CT molecular complexity index is 686. The van der Waals surface area contributed by atoms with Gasteiger partial charge >= 0.3 is 0 Å². The summed E-state index contributed by atoms with van der Waals surface area (Å²) in [7, 11) is 0.